The van der Waals surface area contributed by atoms with Crippen molar-refractivity contribution in [3.05, 3.63) is 65.7 Å². The average Bonchev–Trinajstić information content (AvgIpc) is 2.74. The van der Waals surface area contributed by atoms with Crippen LogP contribution >= 0.6 is 0 Å². The monoisotopic (exact) mass is 424 g/mol. The zero-order valence-electron chi connectivity index (χ0n) is 17.5. The minimum Gasteiger partial charge on any atom is -0.508 e. The molecule has 0 fully saturated rings. The first-order valence-corrected chi connectivity index (χ1v) is 9.79. The molecular formula is C23H26N3O5. The first kappa shape index (κ1) is 23.6. The van der Waals surface area contributed by atoms with Crippen molar-refractivity contribution in [1.82, 2.24) is 15.5 Å². The van der Waals surface area contributed by atoms with Crippen molar-refractivity contribution < 1.29 is 24.3 Å². The summed E-state index contributed by atoms with van der Waals surface area (Å²) in [6, 6.07) is 13.5. The van der Waals surface area contributed by atoms with Gasteiger partial charge in [-0.15, -0.1) is 0 Å². The summed E-state index contributed by atoms with van der Waals surface area (Å²) in [7, 11) is 1.49. The Morgan fingerprint density at radius 2 is 1.58 bits per heavy atom. The van der Waals surface area contributed by atoms with E-state index in [4.69, 9.17) is 0 Å². The number of phenolic OH excluding ortho intramolecular Hbond substituents is 1. The summed E-state index contributed by atoms with van der Waals surface area (Å²) >= 11 is 0. The van der Waals surface area contributed by atoms with Gasteiger partial charge >= 0.3 is 0 Å². The van der Waals surface area contributed by atoms with E-state index in [1.165, 1.54) is 31.0 Å². The van der Waals surface area contributed by atoms with Crippen LogP contribution in [0.25, 0.3) is 0 Å². The SMILES string of the molecule is CC(=O)N(C)CC(=O)N[C@H](Cc1ccccc1)C(=O)N[C@@H]([C]=O)Cc1ccc(O)cc1. The minimum atomic E-state index is -0.939. The molecule has 163 valence electrons. The molecule has 1 radical (unpaired) electrons. The molecule has 0 saturated carbocycles. The number of rotatable bonds is 10. The van der Waals surface area contributed by atoms with E-state index in [0.29, 0.717) is 0 Å². The minimum absolute atomic E-state index is 0.0978. The quantitative estimate of drug-likeness (QED) is 0.520. The van der Waals surface area contributed by atoms with Gasteiger partial charge in [0, 0.05) is 26.8 Å². The number of nitrogens with one attached hydrogen (secondary N) is 2. The summed E-state index contributed by atoms with van der Waals surface area (Å²) in [5, 5.41) is 14.6. The van der Waals surface area contributed by atoms with Crippen LogP contribution in [0.3, 0.4) is 0 Å². The fourth-order valence-corrected chi connectivity index (χ4v) is 2.89. The van der Waals surface area contributed by atoms with Gasteiger partial charge in [0.15, 0.2) is 0 Å². The van der Waals surface area contributed by atoms with Gasteiger partial charge in [0.05, 0.1) is 12.6 Å². The molecule has 3 N–H and O–H groups in total. The van der Waals surface area contributed by atoms with Crippen LogP contribution in [0.1, 0.15) is 18.1 Å². The van der Waals surface area contributed by atoms with E-state index in [-0.39, 0.29) is 31.0 Å². The number of hydrogen-bond acceptors (Lipinski definition) is 5. The van der Waals surface area contributed by atoms with Gasteiger partial charge in [-0.1, -0.05) is 42.5 Å². The largest absolute Gasteiger partial charge is 0.508 e. The highest BCUT2D eigenvalue weighted by atomic mass is 16.3. The molecular weight excluding hydrogens is 398 g/mol. The maximum atomic E-state index is 12.9. The van der Waals surface area contributed by atoms with Gasteiger partial charge in [0.1, 0.15) is 11.8 Å². The highest BCUT2D eigenvalue weighted by molar-refractivity contribution is 5.91. The van der Waals surface area contributed by atoms with Gasteiger partial charge in [-0.2, -0.15) is 0 Å². The van der Waals surface area contributed by atoms with E-state index in [9.17, 15) is 24.3 Å². The third-order valence-corrected chi connectivity index (χ3v) is 4.69. The van der Waals surface area contributed by atoms with Crippen LogP contribution in [0.4, 0.5) is 0 Å². The molecule has 0 bridgehead atoms. The molecule has 8 heteroatoms. The molecule has 0 aromatic heterocycles. The van der Waals surface area contributed by atoms with Gasteiger partial charge < -0.3 is 20.6 Å². The first-order chi connectivity index (χ1) is 14.8. The lowest BCUT2D eigenvalue weighted by atomic mass is 10.0. The van der Waals surface area contributed by atoms with E-state index in [2.05, 4.69) is 10.6 Å². The second-order valence-corrected chi connectivity index (χ2v) is 7.23. The van der Waals surface area contributed by atoms with Crippen LogP contribution < -0.4 is 10.6 Å². The molecule has 3 amide bonds. The predicted molar refractivity (Wildman–Crippen MR) is 115 cm³/mol. The number of amides is 3. The summed E-state index contributed by atoms with van der Waals surface area (Å²) in [6.45, 7) is 1.15. The molecule has 2 aromatic rings. The number of carbonyl (C=O) groups is 3. The van der Waals surface area contributed by atoms with E-state index in [1.54, 1.807) is 18.4 Å². The molecule has 0 aliphatic carbocycles. The maximum Gasteiger partial charge on any atom is 0.243 e. The molecule has 0 unspecified atom stereocenters. The van der Waals surface area contributed by atoms with Crippen LogP contribution in [0.2, 0.25) is 0 Å². The highest BCUT2D eigenvalue weighted by Crippen LogP contribution is 2.11. The number of carbonyl (C=O) groups excluding carboxylic acids is 4. The molecule has 8 nitrogen and oxygen atoms in total. The van der Waals surface area contributed by atoms with Crippen molar-refractivity contribution in [3.8, 4) is 5.75 Å². The summed E-state index contributed by atoms with van der Waals surface area (Å²) in [4.78, 5) is 49.3. The van der Waals surface area contributed by atoms with Crippen molar-refractivity contribution in [2.24, 2.45) is 0 Å². The van der Waals surface area contributed by atoms with Crippen LogP contribution in [-0.4, -0.2) is 59.7 Å². The van der Waals surface area contributed by atoms with Crippen LogP contribution in [-0.2, 0) is 32.0 Å². The Hall–Kier alpha value is -3.68. The summed E-state index contributed by atoms with van der Waals surface area (Å²) in [5.74, 6) is -1.20. The zero-order chi connectivity index (χ0) is 22.8. The van der Waals surface area contributed by atoms with Gasteiger partial charge in [-0.25, -0.2) is 0 Å². The molecule has 2 rings (SSSR count). The molecule has 2 atom stereocenters. The molecule has 0 aliphatic rings. The van der Waals surface area contributed by atoms with E-state index in [0.717, 1.165) is 11.1 Å². The Morgan fingerprint density at radius 1 is 0.968 bits per heavy atom. The number of nitrogens with zero attached hydrogens (tertiary/aromatic N) is 1. The molecule has 0 aliphatic heterocycles. The number of likely N-dealkylation sites (N-methyl/N-ethyl adjacent to an activating group) is 1. The summed E-state index contributed by atoms with van der Waals surface area (Å²) in [5.41, 5.74) is 1.56. The number of hydrogen-bond donors (Lipinski definition) is 3. The van der Waals surface area contributed by atoms with E-state index in [1.807, 2.05) is 30.3 Å². The van der Waals surface area contributed by atoms with Crippen molar-refractivity contribution in [2.45, 2.75) is 31.8 Å². The maximum absolute atomic E-state index is 12.9. The van der Waals surface area contributed by atoms with E-state index < -0.39 is 23.9 Å². The Morgan fingerprint density at radius 3 is 2.16 bits per heavy atom. The average molecular weight is 424 g/mol. The lowest BCUT2D eigenvalue weighted by Gasteiger charge is -2.22. The lowest BCUT2D eigenvalue weighted by molar-refractivity contribution is -0.134. The Labute approximate surface area is 181 Å². The van der Waals surface area contributed by atoms with Gasteiger partial charge in [0.2, 0.25) is 24.0 Å². The molecule has 31 heavy (non-hydrogen) atoms. The fraction of sp³-hybridized carbons (Fsp3) is 0.304. The molecule has 0 spiro atoms. The molecule has 2 aromatic carbocycles. The Kier molecular flexibility index (Phi) is 8.75. The van der Waals surface area contributed by atoms with Gasteiger partial charge in [-0.05, 0) is 23.3 Å². The van der Waals surface area contributed by atoms with Crippen LogP contribution in [0.5, 0.6) is 5.75 Å². The smallest absolute Gasteiger partial charge is 0.243 e. The van der Waals surface area contributed by atoms with Gasteiger partial charge in [-0.3, -0.25) is 19.2 Å². The Bertz CT molecular complexity index is 899. The zero-order valence-corrected chi connectivity index (χ0v) is 17.5. The van der Waals surface area contributed by atoms with E-state index >= 15 is 0 Å². The second kappa shape index (κ2) is 11.5. The number of aromatic hydroxyl groups is 1. The summed E-state index contributed by atoms with van der Waals surface area (Å²) in [6.07, 6.45) is 2.21. The van der Waals surface area contributed by atoms with Gasteiger partial charge in [0.25, 0.3) is 0 Å². The molecule has 0 heterocycles. The van der Waals surface area contributed by atoms with Crippen molar-refractivity contribution in [3.63, 3.8) is 0 Å². The fourth-order valence-electron chi connectivity index (χ4n) is 2.89. The number of phenols is 1. The van der Waals surface area contributed by atoms with Crippen LogP contribution in [0.15, 0.2) is 54.6 Å². The third kappa shape index (κ3) is 7.93. The lowest BCUT2D eigenvalue weighted by Crippen LogP contribution is -2.53. The standard InChI is InChI=1S/C23H26N3O5/c1-16(28)26(2)14-22(30)25-21(13-17-6-4-3-5-7-17)23(31)24-19(15-27)12-18-8-10-20(29)11-9-18/h3-11,19,21,29H,12-14H2,1-2H3,(H,24,31)(H,25,30)/t19-,21-/m1/s1. The topological polar surface area (TPSA) is 116 Å². The highest BCUT2D eigenvalue weighted by Gasteiger charge is 2.25. The van der Waals surface area contributed by atoms with Crippen molar-refractivity contribution in [1.29, 1.82) is 0 Å². The van der Waals surface area contributed by atoms with Crippen LogP contribution in [0, 0.1) is 0 Å². The van der Waals surface area contributed by atoms with Crippen molar-refractivity contribution >= 4 is 24.0 Å². The van der Waals surface area contributed by atoms with Crippen molar-refractivity contribution in [2.75, 3.05) is 13.6 Å². The predicted octanol–water partition coefficient (Wildman–Crippen LogP) is 0.735. The first-order valence-electron chi connectivity index (χ1n) is 9.79. The Balaban J connectivity index is 2.09. The second-order valence-electron chi connectivity index (χ2n) is 7.23. The normalized spacial score (nSPS) is 12.3. The summed E-state index contributed by atoms with van der Waals surface area (Å²) < 4.78 is 0. The number of benzene rings is 2. The third-order valence-electron chi connectivity index (χ3n) is 4.69. The molecule has 0 saturated heterocycles.